The van der Waals surface area contributed by atoms with E-state index in [-0.39, 0.29) is 5.56 Å². The van der Waals surface area contributed by atoms with Crippen LogP contribution in [0.5, 0.6) is 0 Å². The van der Waals surface area contributed by atoms with Gasteiger partial charge >= 0.3 is 0 Å². The van der Waals surface area contributed by atoms with Crippen molar-refractivity contribution in [3.05, 3.63) is 58.0 Å². The zero-order chi connectivity index (χ0) is 13.4. The maximum atomic E-state index is 12.2. The van der Waals surface area contributed by atoms with Crippen LogP contribution in [0.15, 0.2) is 41.3 Å². The van der Waals surface area contributed by atoms with Crippen molar-refractivity contribution in [1.82, 2.24) is 14.6 Å². The summed E-state index contributed by atoms with van der Waals surface area (Å²) in [6.07, 6.45) is 1.39. The molecule has 5 heteroatoms. The molecule has 0 atom stereocenters. The fraction of sp³-hybridized carbons (Fsp3) is 0.0714. The molecule has 2 aromatic heterocycles. The number of hydrogen-bond acceptors (Lipinski definition) is 3. The maximum absolute atomic E-state index is 12.2. The Labute approximate surface area is 108 Å². The first-order valence-electron chi connectivity index (χ1n) is 5.78. The third-order valence-corrected chi connectivity index (χ3v) is 3.08. The highest BCUT2D eigenvalue weighted by Crippen LogP contribution is 2.19. The van der Waals surface area contributed by atoms with Crippen molar-refractivity contribution in [2.45, 2.75) is 6.92 Å². The quantitative estimate of drug-likeness (QED) is 0.716. The van der Waals surface area contributed by atoms with Gasteiger partial charge in [-0.05, 0) is 12.5 Å². The molecule has 0 unspecified atom stereocenters. The van der Waals surface area contributed by atoms with Crippen molar-refractivity contribution in [3.63, 3.8) is 0 Å². The first kappa shape index (κ1) is 11.2. The second-order valence-corrected chi connectivity index (χ2v) is 4.23. The molecule has 19 heavy (non-hydrogen) atoms. The van der Waals surface area contributed by atoms with E-state index in [9.17, 15) is 4.79 Å². The van der Waals surface area contributed by atoms with Gasteiger partial charge in [-0.3, -0.25) is 4.79 Å². The lowest BCUT2D eigenvalue weighted by molar-refractivity contribution is 0.887. The molecular formula is C14H10N4O. The molecule has 1 aromatic carbocycles. The van der Waals surface area contributed by atoms with Gasteiger partial charge in [-0.25, -0.2) is 0 Å². The highest BCUT2D eigenvalue weighted by molar-refractivity contribution is 5.67. The highest BCUT2D eigenvalue weighted by Gasteiger charge is 2.13. The predicted molar refractivity (Wildman–Crippen MR) is 70.7 cm³/mol. The fourth-order valence-corrected chi connectivity index (χ4v) is 2.08. The number of aromatic amines is 1. The summed E-state index contributed by atoms with van der Waals surface area (Å²) in [7, 11) is 0. The van der Waals surface area contributed by atoms with Gasteiger partial charge in [0, 0.05) is 5.56 Å². The summed E-state index contributed by atoms with van der Waals surface area (Å²) in [6, 6.07) is 11.6. The van der Waals surface area contributed by atoms with E-state index in [1.54, 1.807) is 6.92 Å². The van der Waals surface area contributed by atoms with E-state index in [1.807, 2.05) is 36.4 Å². The van der Waals surface area contributed by atoms with Crippen molar-refractivity contribution >= 4 is 5.65 Å². The Hall–Kier alpha value is -2.87. The minimum Gasteiger partial charge on any atom is -0.338 e. The van der Waals surface area contributed by atoms with Gasteiger partial charge in [0.2, 0.25) is 0 Å². The number of rotatable bonds is 1. The maximum Gasteiger partial charge on any atom is 0.277 e. The van der Waals surface area contributed by atoms with Gasteiger partial charge in [0.1, 0.15) is 11.6 Å². The van der Waals surface area contributed by atoms with E-state index >= 15 is 0 Å². The second-order valence-electron chi connectivity index (χ2n) is 4.23. The van der Waals surface area contributed by atoms with Crippen molar-refractivity contribution in [2.75, 3.05) is 0 Å². The van der Waals surface area contributed by atoms with Crippen molar-refractivity contribution < 1.29 is 0 Å². The fourth-order valence-electron chi connectivity index (χ4n) is 2.08. The number of nitrogens with zero attached hydrogens (tertiary/aromatic N) is 3. The third kappa shape index (κ3) is 1.62. The minimum absolute atomic E-state index is 0.214. The topological polar surface area (TPSA) is 73.9 Å². The molecule has 0 aliphatic heterocycles. The Kier molecular flexibility index (Phi) is 2.43. The number of H-pyrrole nitrogens is 1. The number of aromatic nitrogens is 3. The van der Waals surface area contributed by atoms with Crippen LogP contribution in [0.25, 0.3) is 16.9 Å². The number of benzene rings is 1. The summed E-state index contributed by atoms with van der Waals surface area (Å²) in [5.41, 5.74) is 2.77. The number of fused-ring (bicyclic) bond motifs is 1. The monoisotopic (exact) mass is 250 g/mol. The lowest BCUT2D eigenvalue weighted by Crippen LogP contribution is -2.19. The van der Waals surface area contributed by atoms with E-state index in [0.29, 0.717) is 16.8 Å². The molecule has 0 radical (unpaired) electrons. The lowest BCUT2D eigenvalue weighted by atomic mass is 10.1. The van der Waals surface area contributed by atoms with Crippen molar-refractivity contribution in [1.29, 1.82) is 5.26 Å². The standard InChI is InChI=1S/C14H10N4O/c1-9-12(10-5-3-2-4-6-10)17-13-11(7-15)8-16-18(13)14(9)19/h2-6,8,17H,1H3. The zero-order valence-corrected chi connectivity index (χ0v) is 10.2. The molecular weight excluding hydrogens is 240 g/mol. The average molecular weight is 250 g/mol. The minimum atomic E-state index is -0.214. The Balaban J connectivity index is 2.41. The molecule has 5 nitrogen and oxygen atoms in total. The zero-order valence-electron chi connectivity index (χ0n) is 10.2. The summed E-state index contributed by atoms with van der Waals surface area (Å²) < 4.78 is 1.22. The van der Waals surface area contributed by atoms with E-state index in [4.69, 9.17) is 5.26 Å². The Morgan fingerprint density at radius 2 is 2.05 bits per heavy atom. The van der Waals surface area contributed by atoms with Gasteiger partial charge in [0.15, 0.2) is 5.65 Å². The van der Waals surface area contributed by atoms with Crippen molar-refractivity contribution in [3.8, 4) is 17.3 Å². The first-order valence-corrected chi connectivity index (χ1v) is 5.78. The van der Waals surface area contributed by atoms with Gasteiger partial charge in [-0.1, -0.05) is 30.3 Å². The molecule has 0 spiro atoms. The van der Waals surface area contributed by atoms with Crippen LogP contribution in [0, 0.1) is 18.3 Å². The molecule has 3 rings (SSSR count). The SMILES string of the molecule is Cc1c(-c2ccccc2)[nH]c2c(C#N)cnn2c1=O. The van der Waals surface area contributed by atoms with Gasteiger partial charge in [0.25, 0.3) is 5.56 Å². The highest BCUT2D eigenvalue weighted by atomic mass is 16.1. The van der Waals surface area contributed by atoms with Crippen LogP contribution in [-0.4, -0.2) is 14.6 Å². The molecule has 0 saturated carbocycles. The average Bonchev–Trinajstić information content (AvgIpc) is 2.86. The summed E-state index contributed by atoms with van der Waals surface area (Å²) in [4.78, 5) is 15.4. The molecule has 0 fully saturated rings. The molecule has 3 aromatic rings. The van der Waals surface area contributed by atoms with Crippen LogP contribution < -0.4 is 5.56 Å². The summed E-state index contributed by atoms with van der Waals surface area (Å²) in [5, 5.41) is 13.0. The van der Waals surface area contributed by atoms with Crippen LogP contribution in [0.1, 0.15) is 11.1 Å². The molecule has 92 valence electrons. The Morgan fingerprint density at radius 1 is 1.32 bits per heavy atom. The molecule has 0 aliphatic rings. The number of nitriles is 1. The Morgan fingerprint density at radius 3 is 2.74 bits per heavy atom. The molecule has 0 amide bonds. The molecule has 0 bridgehead atoms. The third-order valence-electron chi connectivity index (χ3n) is 3.08. The van der Waals surface area contributed by atoms with Gasteiger partial charge in [-0.2, -0.15) is 14.9 Å². The molecule has 1 N–H and O–H groups in total. The van der Waals surface area contributed by atoms with E-state index in [2.05, 4.69) is 10.1 Å². The van der Waals surface area contributed by atoms with Crippen LogP contribution in [0.2, 0.25) is 0 Å². The first-order chi connectivity index (χ1) is 9.22. The van der Waals surface area contributed by atoms with E-state index < -0.39 is 0 Å². The van der Waals surface area contributed by atoms with E-state index in [1.165, 1.54) is 10.7 Å². The molecule has 2 heterocycles. The molecule has 0 aliphatic carbocycles. The normalized spacial score (nSPS) is 10.5. The summed E-state index contributed by atoms with van der Waals surface area (Å²) in [6.45, 7) is 1.74. The van der Waals surface area contributed by atoms with Crippen LogP contribution in [-0.2, 0) is 0 Å². The second kappa shape index (κ2) is 4.10. The Bertz CT molecular complexity index is 853. The van der Waals surface area contributed by atoms with Gasteiger partial charge in [0.05, 0.1) is 11.9 Å². The van der Waals surface area contributed by atoms with Gasteiger partial charge < -0.3 is 4.98 Å². The predicted octanol–water partition coefficient (Wildman–Crippen LogP) is 1.87. The van der Waals surface area contributed by atoms with Crippen LogP contribution in [0.4, 0.5) is 0 Å². The van der Waals surface area contributed by atoms with E-state index in [0.717, 1.165) is 11.3 Å². The smallest absolute Gasteiger partial charge is 0.277 e. The van der Waals surface area contributed by atoms with Crippen LogP contribution >= 0.6 is 0 Å². The van der Waals surface area contributed by atoms with Crippen LogP contribution in [0.3, 0.4) is 0 Å². The van der Waals surface area contributed by atoms with Gasteiger partial charge in [-0.15, -0.1) is 0 Å². The van der Waals surface area contributed by atoms with Crippen molar-refractivity contribution in [2.24, 2.45) is 0 Å². The largest absolute Gasteiger partial charge is 0.338 e. The number of nitrogens with one attached hydrogen (secondary N) is 1. The summed E-state index contributed by atoms with van der Waals surface area (Å²) in [5.74, 6) is 0. The summed E-state index contributed by atoms with van der Waals surface area (Å²) >= 11 is 0. The lowest BCUT2D eigenvalue weighted by Gasteiger charge is -2.06. The number of hydrogen-bond donors (Lipinski definition) is 1. The molecule has 0 saturated heterocycles.